The normalized spacial score (nSPS) is 14.2. The number of aryl methyl sites for hydroxylation is 1. The number of ether oxygens (including phenoxy) is 2. The predicted octanol–water partition coefficient (Wildman–Crippen LogP) is 3.59. The molecule has 1 aromatic heterocycles. The van der Waals surface area contributed by atoms with Crippen molar-refractivity contribution in [2.45, 2.75) is 33.6 Å². The van der Waals surface area contributed by atoms with Crippen LogP contribution in [0.1, 0.15) is 46.7 Å². The first-order chi connectivity index (χ1) is 13.8. The number of fused-ring (bicyclic) bond motifs is 1. The van der Waals surface area contributed by atoms with E-state index in [2.05, 4.69) is 20.9 Å². The number of ketones is 1. The number of benzene rings is 1. The maximum absolute atomic E-state index is 12.9. The minimum atomic E-state index is -1.43. The summed E-state index contributed by atoms with van der Waals surface area (Å²) in [7, 11) is 0. The van der Waals surface area contributed by atoms with E-state index < -0.39 is 17.4 Å². The molecule has 6 nitrogen and oxygen atoms in total. The summed E-state index contributed by atoms with van der Waals surface area (Å²) < 4.78 is 11.3. The highest BCUT2D eigenvalue weighted by molar-refractivity contribution is 9.10. The smallest absolute Gasteiger partial charge is 0.324 e. The summed E-state index contributed by atoms with van der Waals surface area (Å²) in [4.78, 5) is 42.8. The highest BCUT2D eigenvalue weighted by Crippen LogP contribution is 2.41. The SMILES string of the molecule is CCOC(=O)C1(C(=O)OCC)Cc2cc(C(=O)c3ccc(Br)cc3)nc(C)c2C1. The largest absolute Gasteiger partial charge is 0.465 e. The van der Waals surface area contributed by atoms with Gasteiger partial charge in [0.1, 0.15) is 5.69 Å². The van der Waals surface area contributed by atoms with Gasteiger partial charge in [0.15, 0.2) is 5.41 Å². The fourth-order valence-corrected chi connectivity index (χ4v) is 3.89. The molecule has 0 aliphatic heterocycles. The highest BCUT2D eigenvalue weighted by atomic mass is 79.9. The number of aromatic nitrogens is 1. The lowest BCUT2D eigenvalue weighted by Gasteiger charge is -2.24. The lowest BCUT2D eigenvalue weighted by molar-refractivity contribution is -0.171. The third-order valence-electron chi connectivity index (χ3n) is 5.07. The van der Waals surface area contributed by atoms with E-state index in [0.717, 1.165) is 15.6 Å². The van der Waals surface area contributed by atoms with Crippen molar-refractivity contribution >= 4 is 33.7 Å². The number of carbonyl (C=O) groups is 3. The maximum atomic E-state index is 12.9. The van der Waals surface area contributed by atoms with Gasteiger partial charge >= 0.3 is 11.9 Å². The van der Waals surface area contributed by atoms with Gasteiger partial charge in [0.2, 0.25) is 5.78 Å². The van der Waals surface area contributed by atoms with Crippen molar-refractivity contribution in [3.8, 4) is 0 Å². The molecule has 0 atom stereocenters. The summed E-state index contributed by atoms with van der Waals surface area (Å²) >= 11 is 3.35. The first kappa shape index (κ1) is 21.2. The van der Waals surface area contributed by atoms with Crippen molar-refractivity contribution < 1.29 is 23.9 Å². The number of pyridine rings is 1. The standard InChI is InChI=1S/C22H22BrNO5/c1-4-28-20(26)22(21(27)29-5-2)11-15-10-18(24-13(3)17(15)12-22)19(25)14-6-8-16(23)9-7-14/h6-10H,4-5,11-12H2,1-3H3. The van der Waals surface area contributed by atoms with Gasteiger partial charge in [-0.1, -0.05) is 15.9 Å². The van der Waals surface area contributed by atoms with Crippen LogP contribution >= 0.6 is 15.9 Å². The summed E-state index contributed by atoms with van der Waals surface area (Å²) in [6.07, 6.45) is 0.287. The zero-order valence-corrected chi connectivity index (χ0v) is 18.2. The molecule has 0 saturated carbocycles. The van der Waals surface area contributed by atoms with E-state index in [4.69, 9.17) is 9.47 Å². The van der Waals surface area contributed by atoms with Gasteiger partial charge in [-0.2, -0.15) is 0 Å². The number of halogens is 1. The van der Waals surface area contributed by atoms with Gasteiger partial charge in [0.05, 0.1) is 13.2 Å². The Balaban J connectivity index is 1.99. The maximum Gasteiger partial charge on any atom is 0.324 e. The second-order valence-electron chi connectivity index (χ2n) is 6.94. The van der Waals surface area contributed by atoms with Crippen LogP contribution in [0.4, 0.5) is 0 Å². The molecule has 1 aliphatic carbocycles. The highest BCUT2D eigenvalue weighted by Gasteiger charge is 2.53. The van der Waals surface area contributed by atoms with E-state index in [9.17, 15) is 14.4 Å². The number of hydrogen-bond acceptors (Lipinski definition) is 6. The van der Waals surface area contributed by atoms with E-state index in [0.29, 0.717) is 11.3 Å². The van der Waals surface area contributed by atoms with Gasteiger partial charge in [-0.05, 0) is 68.7 Å². The van der Waals surface area contributed by atoms with Gasteiger partial charge in [0, 0.05) is 22.2 Å². The molecule has 0 unspecified atom stereocenters. The zero-order chi connectivity index (χ0) is 21.2. The molecule has 3 rings (SSSR count). The van der Waals surface area contributed by atoms with E-state index in [1.165, 1.54) is 0 Å². The fraction of sp³-hybridized carbons (Fsp3) is 0.364. The van der Waals surface area contributed by atoms with Crippen LogP contribution in [0.5, 0.6) is 0 Å². The van der Waals surface area contributed by atoms with E-state index in [1.807, 2.05) is 0 Å². The quantitative estimate of drug-likeness (QED) is 0.372. The Morgan fingerprint density at radius 1 is 1.03 bits per heavy atom. The minimum Gasteiger partial charge on any atom is -0.465 e. The summed E-state index contributed by atoms with van der Waals surface area (Å²) in [6.45, 7) is 5.51. The predicted molar refractivity (Wildman–Crippen MR) is 110 cm³/mol. The number of esters is 2. The first-order valence-corrected chi connectivity index (χ1v) is 10.3. The molecular weight excluding hydrogens is 438 g/mol. The van der Waals surface area contributed by atoms with E-state index in [1.54, 1.807) is 51.1 Å². The Bertz CT molecular complexity index is 950. The monoisotopic (exact) mass is 459 g/mol. The molecule has 0 amide bonds. The summed E-state index contributed by atoms with van der Waals surface area (Å²) in [5, 5.41) is 0. The van der Waals surface area contributed by atoms with Crippen LogP contribution in [-0.4, -0.2) is 35.9 Å². The molecule has 0 spiro atoms. The van der Waals surface area contributed by atoms with Crippen LogP contribution in [0, 0.1) is 12.3 Å². The Labute approximate surface area is 177 Å². The van der Waals surface area contributed by atoms with Crippen molar-refractivity contribution in [3.63, 3.8) is 0 Å². The third kappa shape index (κ3) is 3.96. The van der Waals surface area contributed by atoms with Crippen molar-refractivity contribution in [3.05, 3.63) is 62.9 Å². The van der Waals surface area contributed by atoms with Crippen molar-refractivity contribution in [1.82, 2.24) is 4.98 Å². The lowest BCUT2D eigenvalue weighted by atomic mass is 9.84. The molecule has 29 heavy (non-hydrogen) atoms. The molecule has 2 aromatic rings. The minimum absolute atomic E-state index is 0.129. The van der Waals surface area contributed by atoms with E-state index in [-0.39, 0.29) is 37.5 Å². The summed E-state index contributed by atoms with van der Waals surface area (Å²) in [5.74, 6) is -1.42. The molecule has 1 aromatic carbocycles. The van der Waals surface area contributed by atoms with Crippen molar-refractivity contribution in [2.75, 3.05) is 13.2 Å². The number of nitrogens with zero attached hydrogens (tertiary/aromatic N) is 1. The second-order valence-corrected chi connectivity index (χ2v) is 7.86. The Morgan fingerprint density at radius 3 is 2.17 bits per heavy atom. The molecule has 0 bridgehead atoms. The van der Waals surface area contributed by atoms with Crippen molar-refractivity contribution in [2.24, 2.45) is 5.41 Å². The molecule has 1 heterocycles. The fourth-order valence-electron chi connectivity index (χ4n) is 3.63. The van der Waals surface area contributed by atoms with Crippen LogP contribution in [0.15, 0.2) is 34.8 Å². The first-order valence-electron chi connectivity index (χ1n) is 9.46. The van der Waals surface area contributed by atoms with Crippen LogP contribution in [0.2, 0.25) is 0 Å². The Kier molecular flexibility index (Phi) is 6.17. The van der Waals surface area contributed by atoms with Crippen LogP contribution in [-0.2, 0) is 31.9 Å². The third-order valence-corrected chi connectivity index (χ3v) is 5.59. The Morgan fingerprint density at radius 2 is 1.62 bits per heavy atom. The molecular formula is C22H22BrNO5. The number of rotatable bonds is 6. The van der Waals surface area contributed by atoms with Gasteiger partial charge in [-0.25, -0.2) is 4.98 Å². The molecule has 0 saturated heterocycles. The number of hydrogen-bond donors (Lipinski definition) is 0. The van der Waals surface area contributed by atoms with Gasteiger partial charge in [-0.15, -0.1) is 0 Å². The Hall–Kier alpha value is -2.54. The average molecular weight is 460 g/mol. The second kappa shape index (κ2) is 8.45. The van der Waals surface area contributed by atoms with Gasteiger partial charge in [0.25, 0.3) is 0 Å². The molecule has 152 valence electrons. The van der Waals surface area contributed by atoms with Gasteiger partial charge in [-0.3, -0.25) is 14.4 Å². The molecule has 7 heteroatoms. The number of carbonyl (C=O) groups excluding carboxylic acids is 3. The summed E-state index contributed by atoms with van der Waals surface area (Å²) in [5.41, 5.74) is 1.53. The van der Waals surface area contributed by atoms with Crippen LogP contribution < -0.4 is 0 Å². The van der Waals surface area contributed by atoms with Crippen LogP contribution in [0.25, 0.3) is 0 Å². The molecule has 1 aliphatic rings. The van der Waals surface area contributed by atoms with E-state index >= 15 is 0 Å². The molecule has 0 radical (unpaired) electrons. The lowest BCUT2D eigenvalue weighted by Crippen LogP contribution is -2.43. The van der Waals surface area contributed by atoms with Crippen molar-refractivity contribution in [1.29, 1.82) is 0 Å². The average Bonchev–Trinajstić information content (AvgIpc) is 3.10. The zero-order valence-electron chi connectivity index (χ0n) is 16.6. The topological polar surface area (TPSA) is 82.6 Å². The summed E-state index contributed by atoms with van der Waals surface area (Å²) in [6, 6.07) is 8.70. The molecule has 0 fully saturated rings. The molecule has 0 N–H and O–H groups in total. The van der Waals surface area contributed by atoms with Gasteiger partial charge < -0.3 is 9.47 Å². The van der Waals surface area contributed by atoms with Crippen LogP contribution in [0.3, 0.4) is 0 Å².